The van der Waals surface area contributed by atoms with Crippen LogP contribution in [0.4, 0.5) is 5.00 Å². The van der Waals surface area contributed by atoms with E-state index in [4.69, 9.17) is 32.7 Å². The first kappa shape index (κ1) is 18.7. The SMILES string of the molecule is CCOC(=O)c1sc(NC(=O)C(Cl)Cl)c(C(=O)OCC)c1C. The lowest BCUT2D eigenvalue weighted by atomic mass is 10.1. The van der Waals surface area contributed by atoms with Gasteiger partial charge in [0.05, 0.1) is 18.8 Å². The zero-order chi connectivity index (χ0) is 16.9. The van der Waals surface area contributed by atoms with E-state index < -0.39 is 22.7 Å². The van der Waals surface area contributed by atoms with Gasteiger partial charge in [0, 0.05) is 0 Å². The first-order chi connectivity index (χ1) is 10.3. The summed E-state index contributed by atoms with van der Waals surface area (Å²) in [5, 5.41) is 2.56. The maximum Gasteiger partial charge on any atom is 0.348 e. The largest absolute Gasteiger partial charge is 0.462 e. The molecule has 1 amide bonds. The Balaban J connectivity index is 3.27. The number of ether oxygens (including phenoxy) is 2. The van der Waals surface area contributed by atoms with E-state index in [-0.39, 0.29) is 28.7 Å². The van der Waals surface area contributed by atoms with E-state index in [1.54, 1.807) is 20.8 Å². The van der Waals surface area contributed by atoms with Gasteiger partial charge in [0.25, 0.3) is 5.91 Å². The van der Waals surface area contributed by atoms with Crippen molar-refractivity contribution in [3.63, 3.8) is 0 Å². The summed E-state index contributed by atoms with van der Waals surface area (Å²) < 4.78 is 9.87. The normalized spacial score (nSPS) is 10.5. The molecule has 0 aromatic carbocycles. The second-order valence-corrected chi connectivity index (χ2v) is 6.11. The third kappa shape index (κ3) is 4.34. The van der Waals surface area contributed by atoms with Crippen molar-refractivity contribution in [3.8, 4) is 0 Å². The van der Waals surface area contributed by atoms with E-state index in [2.05, 4.69) is 5.32 Å². The van der Waals surface area contributed by atoms with Crippen molar-refractivity contribution in [1.82, 2.24) is 0 Å². The Kier molecular flexibility index (Phi) is 7.12. The molecule has 1 heterocycles. The Morgan fingerprint density at radius 3 is 2.18 bits per heavy atom. The van der Waals surface area contributed by atoms with Crippen LogP contribution in [0.5, 0.6) is 0 Å². The number of hydrogen-bond acceptors (Lipinski definition) is 6. The van der Waals surface area contributed by atoms with Gasteiger partial charge in [0.2, 0.25) is 0 Å². The maximum absolute atomic E-state index is 12.0. The quantitative estimate of drug-likeness (QED) is 0.616. The van der Waals surface area contributed by atoms with E-state index in [9.17, 15) is 14.4 Å². The van der Waals surface area contributed by atoms with Crippen LogP contribution in [0.25, 0.3) is 0 Å². The lowest BCUT2D eigenvalue weighted by Crippen LogP contribution is -2.19. The highest BCUT2D eigenvalue weighted by Gasteiger charge is 2.28. The van der Waals surface area contributed by atoms with Gasteiger partial charge in [-0.2, -0.15) is 0 Å². The second kappa shape index (κ2) is 8.36. The number of hydrogen-bond donors (Lipinski definition) is 1. The van der Waals surface area contributed by atoms with Crippen molar-refractivity contribution in [2.24, 2.45) is 0 Å². The Morgan fingerprint density at radius 1 is 1.14 bits per heavy atom. The fourth-order valence-electron chi connectivity index (χ4n) is 1.61. The van der Waals surface area contributed by atoms with E-state index >= 15 is 0 Å². The number of anilines is 1. The Hall–Kier alpha value is -1.31. The van der Waals surface area contributed by atoms with Crippen LogP contribution in [-0.2, 0) is 14.3 Å². The second-order valence-electron chi connectivity index (χ2n) is 3.99. The molecular formula is C13H15Cl2NO5S. The number of halogens is 2. The molecule has 0 unspecified atom stereocenters. The molecule has 122 valence electrons. The molecule has 1 rings (SSSR count). The van der Waals surface area contributed by atoms with Gasteiger partial charge >= 0.3 is 11.9 Å². The van der Waals surface area contributed by atoms with E-state index in [0.717, 1.165) is 11.3 Å². The molecule has 22 heavy (non-hydrogen) atoms. The highest BCUT2D eigenvalue weighted by molar-refractivity contribution is 7.18. The van der Waals surface area contributed by atoms with Crippen molar-refractivity contribution in [2.75, 3.05) is 18.5 Å². The van der Waals surface area contributed by atoms with Gasteiger partial charge in [-0.25, -0.2) is 9.59 Å². The summed E-state index contributed by atoms with van der Waals surface area (Å²) in [5.74, 6) is -1.93. The summed E-state index contributed by atoms with van der Waals surface area (Å²) >= 11 is 11.9. The topological polar surface area (TPSA) is 81.7 Å². The van der Waals surface area contributed by atoms with Crippen molar-refractivity contribution < 1.29 is 23.9 Å². The number of rotatable bonds is 6. The Morgan fingerprint density at radius 2 is 1.68 bits per heavy atom. The highest BCUT2D eigenvalue weighted by atomic mass is 35.5. The molecule has 0 aliphatic carbocycles. The fraction of sp³-hybridized carbons (Fsp3) is 0.462. The molecular weight excluding hydrogens is 353 g/mol. The van der Waals surface area contributed by atoms with Crippen LogP contribution >= 0.6 is 34.5 Å². The minimum absolute atomic E-state index is 0.0947. The lowest BCUT2D eigenvalue weighted by Gasteiger charge is -2.07. The third-order valence-electron chi connectivity index (χ3n) is 2.52. The average molecular weight is 368 g/mol. The standard InChI is InChI=1S/C13H15Cl2NO5S/c1-4-20-12(18)7-6(3)8(13(19)21-5-2)22-11(7)16-10(17)9(14)15/h9H,4-5H2,1-3H3,(H,16,17). The summed E-state index contributed by atoms with van der Waals surface area (Å²) in [6, 6.07) is 0. The lowest BCUT2D eigenvalue weighted by molar-refractivity contribution is -0.114. The van der Waals surface area contributed by atoms with Gasteiger partial charge in [-0.3, -0.25) is 4.79 Å². The van der Waals surface area contributed by atoms with E-state index in [1.807, 2.05) is 0 Å². The molecule has 0 aliphatic heterocycles. The molecule has 0 bridgehead atoms. The summed E-state index contributed by atoms with van der Waals surface area (Å²) in [4.78, 5) is 34.5. The van der Waals surface area contributed by atoms with Crippen molar-refractivity contribution in [1.29, 1.82) is 0 Å². The number of carbonyl (C=O) groups excluding carboxylic acids is 3. The molecule has 0 aliphatic rings. The molecule has 9 heteroatoms. The van der Waals surface area contributed by atoms with Crippen molar-refractivity contribution in [3.05, 3.63) is 16.0 Å². The molecule has 0 spiro atoms. The van der Waals surface area contributed by atoms with Crippen LogP contribution < -0.4 is 5.32 Å². The predicted molar refractivity (Wildman–Crippen MR) is 85.1 cm³/mol. The summed E-state index contributed by atoms with van der Waals surface area (Å²) in [6.07, 6.45) is 0. The first-order valence-electron chi connectivity index (χ1n) is 6.40. The number of amides is 1. The smallest absolute Gasteiger partial charge is 0.348 e. The molecule has 0 fully saturated rings. The summed E-state index contributed by atoms with van der Waals surface area (Å²) in [5.41, 5.74) is 0.468. The van der Waals surface area contributed by atoms with Crippen LogP contribution in [0.15, 0.2) is 0 Å². The minimum Gasteiger partial charge on any atom is -0.462 e. The number of nitrogens with one attached hydrogen (secondary N) is 1. The van der Waals surface area contributed by atoms with Crippen LogP contribution in [0, 0.1) is 6.92 Å². The molecule has 0 radical (unpaired) electrons. The van der Waals surface area contributed by atoms with Gasteiger partial charge < -0.3 is 14.8 Å². The number of thiophene rings is 1. The van der Waals surface area contributed by atoms with E-state index in [1.165, 1.54) is 0 Å². The van der Waals surface area contributed by atoms with Gasteiger partial charge in [-0.15, -0.1) is 11.3 Å². The first-order valence-corrected chi connectivity index (χ1v) is 8.08. The van der Waals surface area contributed by atoms with Gasteiger partial charge in [0.15, 0.2) is 4.84 Å². The number of esters is 2. The van der Waals surface area contributed by atoms with Crippen LogP contribution in [0.3, 0.4) is 0 Å². The maximum atomic E-state index is 12.0. The molecule has 6 nitrogen and oxygen atoms in total. The van der Waals surface area contributed by atoms with Gasteiger partial charge in [-0.1, -0.05) is 23.2 Å². The molecule has 1 aromatic heterocycles. The van der Waals surface area contributed by atoms with E-state index in [0.29, 0.717) is 5.56 Å². The fourth-order valence-corrected chi connectivity index (χ4v) is 2.81. The summed E-state index contributed by atoms with van der Waals surface area (Å²) in [6.45, 7) is 5.24. The monoisotopic (exact) mass is 367 g/mol. The number of alkyl halides is 2. The average Bonchev–Trinajstić information content (AvgIpc) is 2.76. The molecule has 0 saturated carbocycles. The molecule has 1 N–H and O–H groups in total. The number of carbonyl (C=O) groups is 3. The van der Waals surface area contributed by atoms with Gasteiger partial charge in [0.1, 0.15) is 9.88 Å². The minimum atomic E-state index is -1.30. The zero-order valence-corrected chi connectivity index (χ0v) is 14.5. The van der Waals surface area contributed by atoms with Crippen molar-refractivity contribution >= 4 is 57.4 Å². The van der Waals surface area contributed by atoms with Crippen LogP contribution in [0.2, 0.25) is 0 Å². The molecule has 0 atom stereocenters. The summed E-state index contributed by atoms with van der Waals surface area (Å²) in [7, 11) is 0. The van der Waals surface area contributed by atoms with Crippen LogP contribution in [0.1, 0.15) is 39.4 Å². The Bertz CT molecular complexity index is 585. The van der Waals surface area contributed by atoms with Crippen LogP contribution in [-0.4, -0.2) is 35.9 Å². The third-order valence-corrected chi connectivity index (χ3v) is 4.11. The Labute approximate surface area is 141 Å². The zero-order valence-electron chi connectivity index (χ0n) is 12.2. The highest BCUT2D eigenvalue weighted by Crippen LogP contribution is 2.34. The van der Waals surface area contributed by atoms with Crippen molar-refractivity contribution in [2.45, 2.75) is 25.6 Å². The molecule has 1 aromatic rings. The van der Waals surface area contributed by atoms with Gasteiger partial charge in [-0.05, 0) is 26.3 Å². The predicted octanol–water partition coefficient (Wildman–Crippen LogP) is 3.15. The molecule has 0 saturated heterocycles.